The van der Waals surface area contributed by atoms with Crippen molar-refractivity contribution in [3.05, 3.63) is 47.8 Å². The van der Waals surface area contributed by atoms with Gasteiger partial charge in [-0.15, -0.1) is 0 Å². The van der Waals surface area contributed by atoms with E-state index in [0.717, 1.165) is 19.3 Å². The number of aliphatic hydroxyl groups is 2. The Balaban J connectivity index is 2.11. The molecule has 0 spiro atoms. The number of carbonyl (C=O) groups excluding carboxylic acids is 2. The van der Waals surface area contributed by atoms with Crippen LogP contribution in [0.15, 0.2) is 47.8 Å². The number of hydrogen-bond acceptors (Lipinski definition) is 4. The summed E-state index contributed by atoms with van der Waals surface area (Å²) >= 11 is 0. The molecule has 1 aliphatic heterocycles. The molecule has 3 aliphatic rings. The fraction of sp³-hybridized carbons (Fsp3) is 0.583. The molecule has 0 bridgehead atoms. The van der Waals surface area contributed by atoms with Crippen molar-refractivity contribution in [1.29, 1.82) is 0 Å². The minimum absolute atomic E-state index is 0.132. The summed E-state index contributed by atoms with van der Waals surface area (Å²) in [5.41, 5.74) is -0.941. The fourth-order valence-corrected chi connectivity index (χ4v) is 5.36. The van der Waals surface area contributed by atoms with Crippen molar-refractivity contribution in [2.45, 2.75) is 59.1 Å². The molecule has 3 rings (SSSR count). The number of nitrogens with one attached hydrogen (secondary N) is 1. The summed E-state index contributed by atoms with van der Waals surface area (Å²) in [6.07, 6.45) is 14.2. The van der Waals surface area contributed by atoms with Crippen molar-refractivity contribution >= 4 is 11.7 Å². The molecule has 2 aliphatic carbocycles. The monoisotopic (exact) mass is 399 g/mol. The average Bonchev–Trinajstić information content (AvgIpc) is 2.97. The quantitative estimate of drug-likeness (QED) is 0.222. The van der Waals surface area contributed by atoms with Gasteiger partial charge in [0.2, 0.25) is 0 Å². The maximum absolute atomic E-state index is 12.9. The second-order valence-electron chi connectivity index (χ2n) is 9.07. The van der Waals surface area contributed by atoms with E-state index < -0.39 is 29.3 Å². The molecule has 7 unspecified atom stereocenters. The van der Waals surface area contributed by atoms with E-state index in [2.05, 4.69) is 24.4 Å². The Labute approximate surface area is 173 Å². The van der Waals surface area contributed by atoms with Gasteiger partial charge in [-0.2, -0.15) is 0 Å². The molecule has 5 heteroatoms. The molecule has 7 atom stereocenters. The highest BCUT2D eigenvalue weighted by Crippen LogP contribution is 2.56. The van der Waals surface area contributed by atoms with Crippen LogP contribution >= 0.6 is 0 Å². The molecule has 3 N–H and O–H groups in total. The second-order valence-corrected chi connectivity index (χ2v) is 9.07. The summed E-state index contributed by atoms with van der Waals surface area (Å²) in [6.45, 7) is 7.64. The first-order valence-corrected chi connectivity index (χ1v) is 10.7. The normalized spacial score (nSPS) is 40.4. The van der Waals surface area contributed by atoms with E-state index >= 15 is 0 Å². The molecule has 0 aromatic carbocycles. The largest absolute Gasteiger partial charge is 0.511 e. The van der Waals surface area contributed by atoms with Gasteiger partial charge in [-0.3, -0.25) is 9.59 Å². The number of fused-ring (bicyclic) bond motifs is 1. The Morgan fingerprint density at radius 2 is 2.00 bits per heavy atom. The van der Waals surface area contributed by atoms with Crippen LogP contribution in [-0.4, -0.2) is 34.0 Å². The third-order valence-electron chi connectivity index (χ3n) is 7.08. The lowest BCUT2D eigenvalue weighted by molar-refractivity contribution is -0.118. The predicted molar refractivity (Wildman–Crippen MR) is 113 cm³/mol. The molecule has 0 aromatic heterocycles. The Kier molecular flexibility index (Phi) is 6.18. The van der Waals surface area contributed by atoms with Gasteiger partial charge in [-0.05, 0) is 44.4 Å². The highest BCUT2D eigenvalue weighted by Gasteiger charge is 2.53. The lowest BCUT2D eigenvalue weighted by Gasteiger charge is -2.50. The van der Waals surface area contributed by atoms with E-state index in [-0.39, 0.29) is 23.2 Å². The van der Waals surface area contributed by atoms with Crippen molar-refractivity contribution in [3.63, 3.8) is 0 Å². The molecule has 1 saturated carbocycles. The molecule has 2 fully saturated rings. The van der Waals surface area contributed by atoms with Crippen LogP contribution in [-0.2, 0) is 9.59 Å². The number of ketones is 1. The number of carbonyl (C=O) groups is 2. The predicted octanol–water partition coefficient (Wildman–Crippen LogP) is 3.62. The van der Waals surface area contributed by atoms with Crippen LogP contribution in [0.4, 0.5) is 0 Å². The van der Waals surface area contributed by atoms with Crippen molar-refractivity contribution in [2.24, 2.45) is 29.1 Å². The van der Waals surface area contributed by atoms with Gasteiger partial charge in [0, 0.05) is 11.3 Å². The van der Waals surface area contributed by atoms with E-state index in [9.17, 15) is 19.8 Å². The van der Waals surface area contributed by atoms with Crippen LogP contribution in [0.3, 0.4) is 0 Å². The molecule has 0 radical (unpaired) electrons. The maximum atomic E-state index is 12.9. The van der Waals surface area contributed by atoms with Crippen LogP contribution in [0.5, 0.6) is 0 Å². The number of rotatable bonds is 4. The second kappa shape index (κ2) is 8.31. The SMILES string of the molecule is C/C=C/C=C/C1C=CC2CC(C)CCC2C1(C)C(O)=C1C(=O)NC(C(C)O)C1=O. The summed E-state index contributed by atoms with van der Waals surface area (Å²) in [7, 11) is 0. The summed E-state index contributed by atoms with van der Waals surface area (Å²) in [5.74, 6) is -0.306. The van der Waals surface area contributed by atoms with E-state index in [1.165, 1.54) is 6.92 Å². The maximum Gasteiger partial charge on any atom is 0.259 e. The molecule has 1 saturated heterocycles. The lowest BCUT2D eigenvalue weighted by atomic mass is 9.54. The number of amides is 1. The molecule has 0 aromatic rings. The van der Waals surface area contributed by atoms with Gasteiger partial charge in [-0.1, -0.05) is 56.7 Å². The zero-order chi connectivity index (χ0) is 21.3. The van der Waals surface area contributed by atoms with Crippen molar-refractivity contribution in [1.82, 2.24) is 5.32 Å². The van der Waals surface area contributed by atoms with Crippen molar-refractivity contribution in [3.8, 4) is 0 Å². The minimum atomic E-state index is -1.01. The van der Waals surface area contributed by atoms with Crippen molar-refractivity contribution in [2.75, 3.05) is 0 Å². The zero-order valence-corrected chi connectivity index (χ0v) is 17.8. The first-order valence-electron chi connectivity index (χ1n) is 10.7. The third kappa shape index (κ3) is 3.73. The molecule has 5 nitrogen and oxygen atoms in total. The number of aliphatic hydroxyl groups excluding tert-OH is 2. The van der Waals surface area contributed by atoms with Crippen LogP contribution in [0, 0.1) is 29.1 Å². The average molecular weight is 400 g/mol. The molecular weight excluding hydrogens is 366 g/mol. The molecular formula is C24H33NO4. The summed E-state index contributed by atoms with van der Waals surface area (Å²) in [4.78, 5) is 25.5. The summed E-state index contributed by atoms with van der Waals surface area (Å²) in [5, 5.41) is 23.8. The van der Waals surface area contributed by atoms with Gasteiger partial charge in [0.05, 0.1) is 6.10 Å². The third-order valence-corrected chi connectivity index (χ3v) is 7.08. The Morgan fingerprint density at radius 1 is 1.28 bits per heavy atom. The van der Waals surface area contributed by atoms with E-state index in [4.69, 9.17) is 0 Å². The first kappa shape index (κ1) is 21.6. The standard InChI is InChI=1S/C24H33NO4/c1-5-6-7-8-17-11-10-16-13-14(2)9-12-18(16)24(17,4)22(28)19-21(27)20(15(3)26)25-23(19)29/h5-8,10-11,14-18,20,26,28H,9,12-13H2,1-4H3,(H,25,29)/b6-5+,8-7+,22-19?. The van der Waals surface area contributed by atoms with Gasteiger partial charge < -0.3 is 15.5 Å². The molecule has 1 amide bonds. The minimum Gasteiger partial charge on any atom is -0.511 e. The zero-order valence-electron chi connectivity index (χ0n) is 17.8. The molecule has 29 heavy (non-hydrogen) atoms. The number of allylic oxidation sites excluding steroid dienone is 7. The topological polar surface area (TPSA) is 86.6 Å². The number of hydrogen-bond donors (Lipinski definition) is 3. The molecule has 1 heterocycles. The van der Waals surface area contributed by atoms with Crippen LogP contribution in [0.1, 0.15) is 47.0 Å². The first-order chi connectivity index (χ1) is 13.7. The highest BCUT2D eigenvalue weighted by molar-refractivity contribution is 6.27. The van der Waals surface area contributed by atoms with E-state index in [0.29, 0.717) is 11.8 Å². The summed E-state index contributed by atoms with van der Waals surface area (Å²) < 4.78 is 0. The smallest absolute Gasteiger partial charge is 0.259 e. The number of Topliss-reactive ketones (excluding diaryl/α,β-unsaturated/α-hetero) is 1. The Hall–Kier alpha value is -2.14. The van der Waals surface area contributed by atoms with Gasteiger partial charge >= 0.3 is 0 Å². The van der Waals surface area contributed by atoms with Gasteiger partial charge in [0.1, 0.15) is 17.4 Å². The lowest BCUT2D eigenvalue weighted by Crippen LogP contribution is -2.45. The van der Waals surface area contributed by atoms with Gasteiger partial charge in [0.25, 0.3) is 5.91 Å². The Morgan fingerprint density at radius 3 is 2.62 bits per heavy atom. The van der Waals surface area contributed by atoms with Crippen molar-refractivity contribution < 1.29 is 19.8 Å². The fourth-order valence-electron chi connectivity index (χ4n) is 5.36. The van der Waals surface area contributed by atoms with Gasteiger partial charge in [-0.25, -0.2) is 0 Å². The van der Waals surface area contributed by atoms with Gasteiger partial charge in [0.15, 0.2) is 5.78 Å². The highest BCUT2D eigenvalue weighted by atomic mass is 16.3. The van der Waals surface area contributed by atoms with E-state index in [1.807, 2.05) is 38.2 Å². The summed E-state index contributed by atoms with van der Waals surface area (Å²) in [6, 6.07) is -0.999. The van der Waals surface area contributed by atoms with E-state index in [1.54, 1.807) is 0 Å². The van der Waals surface area contributed by atoms with Crippen LogP contribution in [0.25, 0.3) is 0 Å². The van der Waals surface area contributed by atoms with Crippen LogP contribution in [0.2, 0.25) is 0 Å². The van der Waals surface area contributed by atoms with Crippen LogP contribution < -0.4 is 5.32 Å². The Bertz CT molecular complexity index is 791. The molecule has 158 valence electrons.